The zero-order valence-corrected chi connectivity index (χ0v) is 16.0. The summed E-state index contributed by atoms with van der Waals surface area (Å²) in [7, 11) is 1.60. The lowest BCUT2D eigenvalue weighted by molar-refractivity contribution is 0.0734. The summed E-state index contributed by atoms with van der Waals surface area (Å²) in [4.78, 5) is 25.1. The second kappa shape index (κ2) is 7.64. The lowest BCUT2D eigenvalue weighted by Gasteiger charge is -2.07. The third kappa shape index (κ3) is 3.75. The van der Waals surface area contributed by atoms with Crippen molar-refractivity contribution in [3.63, 3.8) is 0 Å². The SMILES string of the molecule is COc1ccc(/C=C2\Oc3cc(OC(=O)c4ccccc4)cc(C)c3C2=O)cc1. The van der Waals surface area contributed by atoms with Gasteiger partial charge in [-0.05, 0) is 54.5 Å². The molecule has 3 aromatic carbocycles. The Morgan fingerprint density at radius 1 is 0.966 bits per heavy atom. The maximum Gasteiger partial charge on any atom is 0.343 e. The van der Waals surface area contributed by atoms with Crippen molar-refractivity contribution in [3.8, 4) is 17.2 Å². The Hall–Kier alpha value is -3.86. The molecular weight excluding hydrogens is 368 g/mol. The van der Waals surface area contributed by atoms with Crippen LogP contribution in [-0.4, -0.2) is 18.9 Å². The molecule has 0 unspecified atom stereocenters. The van der Waals surface area contributed by atoms with Gasteiger partial charge in [0.05, 0.1) is 18.2 Å². The molecule has 0 radical (unpaired) electrons. The maximum absolute atomic E-state index is 12.8. The smallest absolute Gasteiger partial charge is 0.343 e. The van der Waals surface area contributed by atoms with Crippen LogP contribution in [0.3, 0.4) is 0 Å². The standard InChI is InChI=1S/C24H18O5/c1-15-12-19(28-24(26)17-6-4-3-5-7-17)14-20-22(15)23(25)21(29-20)13-16-8-10-18(27-2)11-9-16/h3-14H,1-2H3/b21-13-. The molecular formula is C24H18O5. The van der Waals surface area contributed by atoms with Crippen LogP contribution in [0.5, 0.6) is 17.2 Å². The Morgan fingerprint density at radius 3 is 2.38 bits per heavy atom. The van der Waals surface area contributed by atoms with E-state index in [0.717, 1.165) is 11.3 Å². The third-order valence-corrected chi connectivity index (χ3v) is 4.58. The predicted molar refractivity (Wildman–Crippen MR) is 109 cm³/mol. The molecule has 0 N–H and O–H groups in total. The summed E-state index contributed by atoms with van der Waals surface area (Å²) in [6, 6.07) is 19.2. The van der Waals surface area contributed by atoms with Crippen molar-refractivity contribution in [2.75, 3.05) is 7.11 Å². The highest BCUT2D eigenvalue weighted by Crippen LogP contribution is 2.37. The number of allylic oxidation sites excluding steroid dienone is 1. The van der Waals surface area contributed by atoms with Gasteiger partial charge in [0, 0.05) is 6.07 Å². The number of rotatable bonds is 4. The van der Waals surface area contributed by atoms with Crippen molar-refractivity contribution in [1.29, 1.82) is 0 Å². The van der Waals surface area contributed by atoms with Crippen LogP contribution in [0.2, 0.25) is 0 Å². The van der Waals surface area contributed by atoms with Gasteiger partial charge < -0.3 is 14.2 Å². The first-order valence-electron chi connectivity index (χ1n) is 9.05. The van der Waals surface area contributed by atoms with Crippen LogP contribution in [-0.2, 0) is 0 Å². The van der Waals surface area contributed by atoms with E-state index in [-0.39, 0.29) is 11.5 Å². The molecule has 0 bridgehead atoms. The summed E-state index contributed by atoms with van der Waals surface area (Å²) in [5.74, 6) is 0.992. The maximum atomic E-state index is 12.8. The second-order valence-corrected chi connectivity index (χ2v) is 6.58. The van der Waals surface area contributed by atoms with Gasteiger partial charge in [0.2, 0.25) is 5.78 Å². The number of esters is 1. The minimum absolute atomic E-state index is 0.200. The minimum atomic E-state index is -0.469. The number of carbonyl (C=O) groups is 2. The van der Waals surface area contributed by atoms with Crippen LogP contribution < -0.4 is 14.2 Å². The van der Waals surface area contributed by atoms with Gasteiger partial charge in [-0.2, -0.15) is 0 Å². The van der Waals surface area contributed by atoms with E-state index in [4.69, 9.17) is 14.2 Å². The van der Waals surface area contributed by atoms with Crippen LogP contribution in [0.1, 0.15) is 31.8 Å². The molecule has 0 aliphatic carbocycles. The molecule has 5 heteroatoms. The number of ether oxygens (including phenoxy) is 3. The molecule has 0 atom stereocenters. The number of aryl methyl sites for hydroxylation is 1. The fraction of sp³-hybridized carbons (Fsp3) is 0.0833. The number of hydrogen-bond acceptors (Lipinski definition) is 5. The molecule has 5 nitrogen and oxygen atoms in total. The van der Waals surface area contributed by atoms with E-state index in [9.17, 15) is 9.59 Å². The monoisotopic (exact) mass is 386 g/mol. The molecule has 0 saturated heterocycles. The first-order chi connectivity index (χ1) is 14.0. The van der Waals surface area contributed by atoms with E-state index in [1.165, 1.54) is 0 Å². The number of benzene rings is 3. The Kier molecular flexibility index (Phi) is 4.87. The molecule has 1 heterocycles. The molecule has 144 valence electrons. The van der Waals surface area contributed by atoms with Crippen molar-refractivity contribution in [2.24, 2.45) is 0 Å². The normalized spacial score (nSPS) is 13.7. The first kappa shape index (κ1) is 18.5. The van der Waals surface area contributed by atoms with Gasteiger partial charge >= 0.3 is 5.97 Å². The molecule has 1 aliphatic rings. The topological polar surface area (TPSA) is 61.8 Å². The molecule has 0 saturated carbocycles. The Balaban J connectivity index is 1.59. The third-order valence-electron chi connectivity index (χ3n) is 4.58. The number of fused-ring (bicyclic) bond motifs is 1. The van der Waals surface area contributed by atoms with E-state index in [0.29, 0.717) is 28.2 Å². The first-order valence-corrected chi connectivity index (χ1v) is 9.05. The van der Waals surface area contributed by atoms with Crippen LogP contribution in [0.15, 0.2) is 72.5 Å². The van der Waals surface area contributed by atoms with Gasteiger partial charge in [-0.25, -0.2) is 4.79 Å². The van der Waals surface area contributed by atoms with E-state index in [1.54, 1.807) is 56.5 Å². The largest absolute Gasteiger partial charge is 0.497 e. The highest BCUT2D eigenvalue weighted by Gasteiger charge is 2.30. The van der Waals surface area contributed by atoms with Crippen molar-refractivity contribution in [2.45, 2.75) is 6.92 Å². The van der Waals surface area contributed by atoms with Crippen LogP contribution >= 0.6 is 0 Å². The number of Topliss-reactive ketones (excluding diaryl/α,β-unsaturated/α-hetero) is 1. The van der Waals surface area contributed by atoms with Crippen LogP contribution in [0, 0.1) is 6.92 Å². The average molecular weight is 386 g/mol. The van der Waals surface area contributed by atoms with Crippen molar-refractivity contribution >= 4 is 17.8 Å². The Bertz CT molecular complexity index is 1110. The van der Waals surface area contributed by atoms with Crippen molar-refractivity contribution in [3.05, 3.63) is 94.7 Å². The van der Waals surface area contributed by atoms with Crippen LogP contribution in [0.4, 0.5) is 0 Å². The van der Waals surface area contributed by atoms with Crippen LogP contribution in [0.25, 0.3) is 6.08 Å². The molecule has 0 aromatic heterocycles. The summed E-state index contributed by atoms with van der Waals surface area (Å²) in [5.41, 5.74) is 2.42. The summed E-state index contributed by atoms with van der Waals surface area (Å²) in [6.07, 6.45) is 1.68. The number of carbonyl (C=O) groups excluding carboxylic acids is 2. The van der Waals surface area contributed by atoms with Gasteiger partial charge in [-0.15, -0.1) is 0 Å². The number of ketones is 1. The fourth-order valence-electron chi connectivity index (χ4n) is 3.13. The van der Waals surface area contributed by atoms with E-state index >= 15 is 0 Å². The van der Waals surface area contributed by atoms with Gasteiger partial charge in [0.25, 0.3) is 0 Å². The van der Waals surface area contributed by atoms with Gasteiger partial charge in [-0.1, -0.05) is 30.3 Å². The van der Waals surface area contributed by atoms with Gasteiger partial charge in [0.1, 0.15) is 17.2 Å². The van der Waals surface area contributed by atoms with Crippen molar-refractivity contribution < 1.29 is 23.8 Å². The van der Waals surface area contributed by atoms with E-state index in [1.807, 2.05) is 30.3 Å². The highest BCUT2D eigenvalue weighted by molar-refractivity contribution is 6.15. The van der Waals surface area contributed by atoms with E-state index < -0.39 is 5.97 Å². The predicted octanol–water partition coefficient (Wildman–Crippen LogP) is 4.84. The molecule has 3 aromatic rings. The van der Waals surface area contributed by atoms with Crippen molar-refractivity contribution in [1.82, 2.24) is 0 Å². The second-order valence-electron chi connectivity index (χ2n) is 6.58. The molecule has 0 fully saturated rings. The highest BCUT2D eigenvalue weighted by atomic mass is 16.5. The molecule has 4 rings (SSSR count). The van der Waals surface area contributed by atoms with Gasteiger partial charge in [-0.3, -0.25) is 4.79 Å². The zero-order valence-electron chi connectivity index (χ0n) is 16.0. The lowest BCUT2D eigenvalue weighted by atomic mass is 10.0. The zero-order chi connectivity index (χ0) is 20.4. The number of methoxy groups -OCH3 is 1. The molecule has 1 aliphatic heterocycles. The summed E-state index contributed by atoms with van der Waals surface area (Å²) >= 11 is 0. The lowest BCUT2D eigenvalue weighted by Crippen LogP contribution is -2.08. The van der Waals surface area contributed by atoms with E-state index in [2.05, 4.69) is 0 Å². The molecule has 0 amide bonds. The fourth-order valence-corrected chi connectivity index (χ4v) is 3.13. The van der Waals surface area contributed by atoms with Gasteiger partial charge in [0.15, 0.2) is 5.76 Å². The molecule has 0 spiro atoms. The minimum Gasteiger partial charge on any atom is -0.497 e. The summed E-state index contributed by atoms with van der Waals surface area (Å²) in [6.45, 7) is 1.79. The Morgan fingerprint density at radius 2 is 1.69 bits per heavy atom. The average Bonchev–Trinajstić information content (AvgIpc) is 3.04. The summed E-state index contributed by atoms with van der Waals surface area (Å²) < 4.78 is 16.4. The summed E-state index contributed by atoms with van der Waals surface area (Å²) in [5, 5.41) is 0. The molecule has 29 heavy (non-hydrogen) atoms. The Labute approximate surface area is 168 Å². The quantitative estimate of drug-likeness (QED) is 0.365. The number of hydrogen-bond donors (Lipinski definition) is 0.